The first-order chi connectivity index (χ1) is 13.9. The van der Waals surface area contributed by atoms with Crippen molar-refractivity contribution in [1.82, 2.24) is 9.58 Å². The van der Waals surface area contributed by atoms with Crippen molar-refractivity contribution in [2.24, 2.45) is 10.1 Å². The lowest BCUT2D eigenvalue weighted by molar-refractivity contribution is -0.114. The average molecular weight is 424 g/mol. The minimum atomic E-state index is -0.396. The summed E-state index contributed by atoms with van der Waals surface area (Å²) in [6.45, 7) is 8.19. The van der Waals surface area contributed by atoms with Crippen LogP contribution < -0.4 is 0 Å². The smallest absolute Gasteiger partial charge is 0.283 e. The predicted molar refractivity (Wildman–Crippen MR) is 123 cm³/mol. The van der Waals surface area contributed by atoms with E-state index in [4.69, 9.17) is 5.41 Å². The summed E-state index contributed by atoms with van der Waals surface area (Å²) in [5.41, 5.74) is 5.52. The Morgan fingerprint density at radius 2 is 2.00 bits per heavy atom. The van der Waals surface area contributed by atoms with E-state index in [1.165, 1.54) is 22.3 Å². The highest BCUT2D eigenvalue weighted by Crippen LogP contribution is 2.33. The van der Waals surface area contributed by atoms with Crippen molar-refractivity contribution >= 4 is 50.9 Å². The summed E-state index contributed by atoms with van der Waals surface area (Å²) in [6, 6.07) is 10.2. The quantitative estimate of drug-likeness (QED) is 0.724. The van der Waals surface area contributed by atoms with Crippen LogP contribution in [0, 0.1) is 26.2 Å². The third-order valence-corrected chi connectivity index (χ3v) is 6.75. The summed E-state index contributed by atoms with van der Waals surface area (Å²) in [6.07, 6.45) is 1.76. The third kappa shape index (κ3) is 3.47. The fraction of sp³-hybridized carbons (Fsp3) is 0.238. The van der Waals surface area contributed by atoms with Gasteiger partial charge in [0.2, 0.25) is 5.17 Å². The zero-order chi connectivity index (χ0) is 20.7. The van der Waals surface area contributed by atoms with E-state index in [2.05, 4.69) is 33.7 Å². The Hall–Kier alpha value is -2.58. The lowest BCUT2D eigenvalue weighted by Gasteiger charge is -2.20. The van der Waals surface area contributed by atoms with Crippen molar-refractivity contribution in [2.45, 2.75) is 27.7 Å². The standard InChI is InChI=1S/C21H21N5OS2/c1-5-28-21-24-26-18(22)16(19(27)23-20(26)29-21)11-15-10-13(3)25(14(15)4)17-9-7-6-8-12(17)2/h6-11,22H,5H2,1-4H3. The molecule has 6 nitrogen and oxygen atoms in total. The second-order valence-corrected chi connectivity index (χ2v) is 9.23. The van der Waals surface area contributed by atoms with Gasteiger partial charge in [0.1, 0.15) is 0 Å². The number of benzene rings is 1. The molecule has 2 aromatic rings. The molecular weight excluding hydrogens is 402 g/mol. The molecule has 0 saturated carbocycles. The fourth-order valence-corrected chi connectivity index (χ4v) is 5.26. The molecule has 0 radical (unpaired) electrons. The minimum Gasteiger partial charge on any atom is -0.318 e. The molecule has 4 rings (SSSR count). The van der Waals surface area contributed by atoms with Crippen LogP contribution >= 0.6 is 23.5 Å². The van der Waals surface area contributed by atoms with E-state index in [1.54, 1.807) is 17.8 Å². The highest BCUT2D eigenvalue weighted by atomic mass is 32.2. The summed E-state index contributed by atoms with van der Waals surface area (Å²) in [5, 5.41) is 14.9. The second-order valence-electron chi connectivity index (χ2n) is 6.77. The van der Waals surface area contributed by atoms with E-state index in [9.17, 15) is 4.79 Å². The largest absolute Gasteiger partial charge is 0.318 e. The number of carbonyl (C=O) groups is 1. The normalized spacial score (nSPS) is 17.7. The average Bonchev–Trinajstić information content (AvgIpc) is 3.20. The maximum Gasteiger partial charge on any atom is 0.283 e. The number of carbonyl (C=O) groups excluding carboxylic acids is 1. The van der Waals surface area contributed by atoms with Gasteiger partial charge in [-0.05, 0) is 67.6 Å². The van der Waals surface area contributed by atoms with Crippen LogP contribution in [0.25, 0.3) is 11.8 Å². The molecule has 0 aliphatic carbocycles. The molecular formula is C21H21N5OS2. The van der Waals surface area contributed by atoms with Gasteiger partial charge in [-0.1, -0.05) is 36.9 Å². The third-order valence-electron chi connectivity index (χ3n) is 4.83. The number of nitrogens with one attached hydrogen (secondary N) is 1. The monoisotopic (exact) mass is 423 g/mol. The molecule has 0 fully saturated rings. The van der Waals surface area contributed by atoms with E-state index in [-0.39, 0.29) is 11.4 Å². The Kier molecular flexibility index (Phi) is 5.23. The van der Waals surface area contributed by atoms with Crippen molar-refractivity contribution in [3.05, 3.63) is 58.4 Å². The number of fused-ring (bicyclic) bond motifs is 1. The van der Waals surface area contributed by atoms with Crippen LogP contribution in [0.15, 0.2) is 46.0 Å². The number of hydrogen-bond acceptors (Lipinski definition) is 5. The van der Waals surface area contributed by atoms with E-state index >= 15 is 0 Å². The van der Waals surface area contributed by atoms with Crippen molar-refractivity contribution < 1.29 is 4.79 Å². The number of nitrogens with zero attached hydrogens (tertiary/aromatic N) is 4. The molecule has 1 N–H and O–H groups in total. The molecule has 3 heterocycles. The maximum absolute atomic E-state index is 12.6. The number of aliphatic imine (C=N–C) groups is 1. The van der Waals surface area contributed by atoms with Crippen LogP contribution in [0.1, 0.15) is 29.4 Å². The Labute approximate surface area is 178 Å². The summed E-state index contributed by atoms with van der Waals surface area (Å²) >= 11 is 2.92. The topological polar surface area (TPSA) is 73.8 Å². The Balaban J connectivity index is 1.74. The molecule has 0 bridgehead atoms. The van der Waals surface area contributed by atoms with Gasteiger partial charge >= 0.3 is 0 Å². The number of aromatic nitrogens is 1. The van der Waals surface area contributed by atoms with Crippen molar-refractivity contribution in [3.8, 4) is 5.69 Å². The first kappa shape index (κ1) is 19.7. The predicted octanol–water partition coefficient (Wildman–Crippen LogP) is 4.73. The van der Waals surface area contributed by atoms with Crippen molar-refractivity contribution in [1.29, 1.82) is 5.41 Å². The van der Waals surface area contributed by atoms with Crippen LogP contribution in [0.3, 0.4) is 0 Å². The maximum atomic E-state index is 12.6. The first-order valence-electron chi connectivity index (χ1n) is 9.28. The number of amides is 1. The van der Waals surface area contributed by atoms with Crippen LogP contribution in [0.2, 0.25) is 0 Å². The van der Waals surface area contributed by atoms with Gasteiger partial charge in [0, 0.05) is 17.1 Å². The molecule has 2 aliphatic heterocycles. The number of rotatable bonds is 3. The molecule has 0 unspecified atom stereocenters. The highest BCUT2D eigenvalue weighted by Gasteiger charge is 2.35. The SMILES string of the molecule is CCSC1=NN2C(=N)C(=Cc3cc(C)n(-c4ccccc4C)c3C)C(=O)N=C2S1. The number of hydrazone groups is 1. The fourth-order valence-electron chi connectivity index (χ4n) is 3.43. The lowest BCUT2D eigenvalue weighted by Crippen LogP contribution is -2.35. The number of thioether (sulfide) groups is 2. The molecule has 1 aromatic carbocycles. The first-order valence-corrected chi connectivity index (χ1v) is 11.1. The van der Waals surface area contributed by atoms with E-state index in [0.717, 1.165) is 32.8 Å². The molecule has 148 valence electrons. The molecule has 1 aromatic heterocycles. The van der Waals surface area contributed by atoms with Crippen LogP contribution in [-0.2, 0) is 4.79 Å². The van der Waals surface area contributed by atoms with Gasteiger partial charge in [0.25, 0.3) is 5.91 Å². The summed E-state index contributed by atoms with van der Waals surface area (Å²) in [7, 11) is 0. The molecule has 29 heavy (non-hydrogen) atoms. The van der Waals surface area contributed by atoms with Crippen molar-refractivity contribution in [3.63, 3.8) is 0 Å². The molecule has 8 heteroatoms. The van der Waals surface area contributed by atoms with Crippen LogP contribution in [-0.4, -0.2) is 36.6 Å². The Morgan fingerprint density at radius 3 is 2.72 bits per heavy atom. The zero-order valence-corrected chi connectivity index (χ0v) is 18.3. The molecule has 2 aliphatic rings. The molecule has 0 atom stereocenters. The van der Waals surface area contributed by atoms with E-state index < -0.39 is 5.91 Å². The van der Waals surface area contributed by atoms with Crippen molar-refractivity contribution in [2.75, 3.05) is 5.75 Å². The van der Waals surface area contributed by atoms with Gasteiger partial charge in [-0.2, -0.15) is 10.0 Å². The van der Waals surface area contributed by atoms with Gasteiger partial charge in [-0.15, -0.1) is 5.10 Å². The Bertz CT molecular complexity index is 1130. The van der Waals surface area contributed by atoms with Crippen LogP contribution in [0.5, 0.6) is 0 Å². The van der Waals surface area contributed by atoms with Gasteiger partial charge in [-0.3, -0.25) is 10.2 Å². The lowest BCUT2D eigenvalue weighted by atomic mass is 10.1. The minimum absolute atomic E-state index is 0.0693. The number of amidine groups is 2. The number of aryl methyl sites for hydroxylation is 2. The zero-order valence-electron chi connectivity index (χ0n) is 16.7. The van der Waals surface area contributed by atoms with Gasteiger partial charge in [0.05, 0.1) is 5.57 Å². The van der Waals surface area contributed by atoms with E-state index in [0.29, 0.717) is 5.17 Å². The summed E-state index contributed by atoms with van der Waals surface area (Å²) in [5.74, 6) is 0.550. The van der Waals surface area contributed by atoms with Gasteiger partial charge in [0.15, 0.2) is 10.2 Å². The highest BCUT2D eigenvalue weighted by molar-refractivity contribution is 8.45. The van der Waals surface area contributed by atoms with Gasteiger partial charge < -0.3 is 4.57 Å². The molecule has 0 spiro atoms. The number of hydrogen-bond donors (Lipinski definition) is 1. The molecule has 1 amide bonds. The molecule has 0 saturated heterocycles. The Morgan fingerprint density at radius 1 is 1.24 bits per heavy atom. The van der Waals surface area contributed by atoms with E-state index in [1.807, 2.05) is 39.0 Å². The summed E-state index contributed by atoms with van der Waals surface area (Å²) < 4.78 is 2.98. The number of para-hydroxylation sites is 1. The van der Waals surface area contributed by atoms with Gasteiger partial charge in [-0.25, -0.2) is 0 Å². The second kappa shape index (κ2) is 7.68. The summed E-state index contributed by atoms with van der Waals surface area (Å²) in [4.78, 5) is 16.8. The van der Waals surface area contributed by atoms with Crippen LogP contribution in [0.4, 0.5) is 0 Å².